The van der Waals surface area contributed by atoms with Crippen molar-refractivity contribution in [1.82, 2.24) is 5.32 Å². The van der Waals surface area contributed by atoms with Gasteiger partial charge in [0.2, 0.25) is 0 Å². The molecule has 0 saturated carbocycles. The van der Waals surface area contributed by atoms with Crippen molar-refractivity contribution in [3.8, 4) is 5.75 Å². The summed E-state index contributed by atoms with van der Waals surface area (Å²) >= 11 is 0. The number of halogens is 2. The predicted molar refractivity (Wildman–Crippen MR) is 85.9 cm³/mol. The van der Waals surface area contributed by atoms with E-state index >= 15 is 0 Å². The van der Waals surface area contributed by atoms with Gasteiger partial charge in [-0.1, -0.05) is 12.1 Å². The maximum Gasteiger partial charge on any atom is 0.251 e. The average molecular weight is 335 g/mol. The molecule has 2 aromatic rings. The molecule has 1 unspecified atom stereocenters. The quantitative estimate of drug-likeness (QED) is 0.852. The van der Waals surface area contributed by atoms with Gasteiger partial charge >= 0.3 is 0 Å². The number of ether oxygens (including phenoxy) is 1. The Balaban J connectivity index is 1.99. The third-order valence-corrected chi connectivity index (χ3v) is 3.20. The monoisotopic (exact) mass is 335 g/mol. The SMILES string of the molecule is CC(C)Oc1cccc(C(O)CNC(=O)c2cc(F)cc(F)c2)c1. The van der Waals surface area contributed by atoms with Gasteiger partial charge in [-0.3, -0.25) is 4.79 Å². The van der Waals surface area contributed by atoms with Gasteiger partial charge in [-0.2, -0.15) is 0 Å². The number of amides is 1. The van der Waals surface area contributed by atoms with Crippen LogP contribution in [0.4, 0.5) is 8.78 Å². The summed E-state index contributed by atoms with van der Waals surface area (Å²) in [7, 11) is 0. The molecule has 0 saturated heterocycles. The average Bonchev–Trinajstić information content (AvgIpc) is 2.51. The molecule has 24 heavy (non-hydrogen) atoms. The van der Waals surface area contributed by atoms with Crippen LogP contribution in [0, 0.1) is 11.6 Å². The Kier molecular flexibility index (Phi) is 5.87. The summed E-state index contributed by atoms with van der Waals surface area (Å²) in [5.74, 6) is -1.72. The lowest BCUT2D eigenvalue weighted by molar-refractivity contribution is 0.0915. The van der Waals surface area contributed by atoms with Crippen LogP contribution in [0.25, 0.3) is 0 Å². The first-order valence-corrected chi connectivity index (χ1v) is 7.54. The predicted octanol–water partition coefficient (Wildman–Crippen LogP) is 3.22. The molecule has 6 heteroatoms. The molecule has 0 aliphatic rings. The number of hydrogen-bond acceptors (Lipinski definition) is 3. The van der Waals surface area contributed by atoms with Gasteiger partial charge in [-0.15, -0.1) is 0 Å². The van der Waals surface area contributed by atoms with Crippen molar-refractivity contribution in [3.05, 3.63) is 65.2 Å². The molecule has 0 aromatic heterocycles. The minimum atomic E-state index is -0.969. The zero-order valence-electron chi connectivity index (χ0n) is 13.4. The highest BCUT2D eigenvalue weighted by atomic mass is 19.1. The standard InChI is InChI=1S/C18H19F2NO3/c1-11(2)24-16-5-3-4-12(8-16)17(22)10-21-18(23)13-6-14(19)9-15(20)7-13/h3-9,11,17,22H,10H2,1-2H3,(H,21,23). The van der Waals surface area contributed by atoms with Crippen LogP contribution in [0.15, 0.2) is 42.5 Å². The molecular formula is C18H19F2NO3. The fourth-order valence-corrected chi connectivity index (χ4v) is 2.16. The number of rotatable bonds is 6. The van der Waals surface area contributed by atoms with Gasteiger partial charge in [-0.05, 0) is 43.7 Å². The van der Waals surface area contributed by atoms with Gasteiger partial charge in [0.05, 0.1) is 12.2 Å². The van der Waals surface area contributed by atoms with Crippen molar-refractivity contribution in [2.45, 2.75) is 26.1 Å². The second kappa shape index (κ2) is 7.88. The van der Waals surface area contributed by atoms with Crippen molar-refractivity contribution < 1.29 is 23.4 Å². The first-order chi connectivity index (χ1) is 11.3. The number of carbonyl (C=O) groups excluding carboxylic acids is 1. The van der Waals surface area contributed by atoms with Crippen LogP contribution in [0.5, 0.6) is 5.75 Å². The summed E-state index contributed by atoms with van der Waals surface area (Å²) < 4.78 is 31.8. The number of nitrogens with one attached hydrogen (secondary N) is 1. The van der Waals surface area contributed by atoms with Crippen LogP contribution >= 0.6 is 0 Å². The van der Waals surface area contributed by atoms with E-state index in [9.17, 15) is 18.7 Å². The Hall–Kier alpha value is -2.47. The lowest BCUT2D eigenvalue weighted by Crippen LogP contribution is -2.28. The zero-order chi connectivity index (χ0) is 17.7. The molecule has 0 aliphatic heterocycles. The molecule has 0 fully saturated rings. The number of hydrogen-bond donors (Lipinski definition) is 2. The topological polar surface area (TPSA) is 58.6 Å². The van der Waals surface area contributed by atoms with E-state index in [-0.39, 0.29) is 18.2 Å². The number of aliphatic hydroxyl groups is 1. The second-order valence-corrected chi connectivity index (χ2v) is 5.62. The lowest BCUT2D eigenvalue weighted by Gasteiger charge is -2.15. The maximum atomic E-state index is 13.1. The van der Waals surface area contributed by atoms with E-state index < -0.39 is 23.6 Å². The van der Waals surface area contributed by atoms with E-state index in [1.807, 2.05) is 13.8 Å². The largest absolute Gasteiger partial charge is 0.491 e. The number of aliphatic hydroxyl groups excluding tert-OH is 1. The molecular weight excluding hydrogens is 316 g/mol. The van der Waals surface area contributed by atoms with Crippen molar-refractivity contribution in [2.24, 2.45) is 0 Å². The summed E-state index contributed by atoms with van der Waals surface area (Å²) in [6.07, 6.45) is -0.969. The van der Waals surface area contributed by atoms with E-state index in [2.05, 4.69) is 5.32 Å². The molecule has 0 aliphatic carbocycles. The third-order valence-electron chi connectivity index (χ3n) is 3.20. The molecule has 1 amide bonds. The van der Waals surface area contributed by atoms with Crippen LogP contribution in [0.1, 0.15) is 35.9 Å². The van der Waals surface area contributed by atoms with Gasteiger partial charge < -0.3 is 15.2 Å². The van der Waals surface area contributed by atoms with E-state index in [1.165, 1.54) is 0 Å². The molecule has 0 radical (unpaired) electrons. The first kappa shape index (κ1) is 17.9. The first-order valence-electron chi connectivity index (χ1n) is 7.54. The normalized spacial score (nSPS) is 12.1. The van der Waals surface area contributed by atoms with Gasteiger partial charge in [0.1, 0.15) is 17.4 Å². The Bertz CT molecular complexity index is 699. The summed E-state index contributed by atoms with van der Waals surface area (Å²) in [5, 5.41) is 12.6. The van der Waals surface area contributed by atoms with Crippen LogP contribution in [0.2, 0.25) is 0 Å². The molecule has 128 valence electrons. The van der Waals surface area contributed by atoms with E-state index in [4.69, 9.17) is 4.74 Å². The Morgan fingerprint density at radius 1 is 1.17 bits per heavy atom. The Morgan fingerprint density at radius 2 is 1.83 bits per heavy atom. The summed E-state index contributed by atoms with van der Waals surface area (Å²) in [6, 6.07) is 9.44. The minimum Gasteiger partial charge on any atom is -0.491 e. The van der Waals surface area contributed by atoms with Crippen LogP contribution < -0.4 is 10.1 Å². The van der Waals surface area contributed by atoms with Gasteiger partial charge in [0.25, 0.3) is 5.91 Å². The number of carbonyl (C=O) groups is 1. The van der Waals surface area contributed by atoms with Crippen molar-refractivity contribution in [2.75, 3.05) is 6.54 Å². The molecule has 0 bridgehead atoms. The smallest absolute Gasteiger partial charge is 0.251 e. The van der Waals surface area contributed by atoms with Gasteiger partial charge in [0.15, 0.2) is 0 Å². The molecule has 4 nitrogen and oxygen atoms in total. The van der Waals surface area contributed by atoms with Gasteiger partial charge in [0, 0.05) is 18.2 Å². The van der Waals surface area contributed by atoms with Crippen LogP contribution in [-0.2, 0) is 0 Å². The lowest BCUT2D eigenvalue weighted by atomic mass is 10.1. The second-order valence-electron chi connectivity index (χ2n) is 5.62. The van der Waals surface area contributed by atoms with Crippen LogP contribution in [-0.4, -0.2) is 23.7 Å². The molecule has 2 N–H and O–H groups in total. The Morgan fingerprint density at radius 3 is 2.46 bits per heavy atom. The van der Waals surface area contributed by atoms with Crippen molar-refractivity contribution in [1.29, 1.82) is 0 Å². The van der Waals surface area contributed by atoms with Crippen molar-refractivity contribution in [3.63, 3.8) is 0 Å². The highest BCUT2D eigenvalue weighted by Crippen LogP contribution is 2.20. The highest BCUT2D eigenvalue weighted by Gasteiger charge is 2.13. The third kappa shape index (κ3) is 5.03. The van der Waals surface area contributed by atoms with Crippen LogP contribution in [0.3, 0.4) is 0 Å². The fourth-order valence-electron chi connectivity index (χ4n) is 2.16. The zero-order valence-corrected chi connectivity index (χ0v) is 13.4. The molecule has 0 spiro atoms. The summed E-state index contributed by atoms with van der Waals surface area (Å²) in [6.45, 7) is 3.69. The van der Waals surface area contributed by atoms with E-state index in [1.54, 1.807) is 24.3 Å². The van der Waals surface area contributed by atoms with E-state index in [0.29, 0.717) is 17.4 Å². The van der Waals surface area contributed by atoms with Gasteiger partial charge in [-0.25, -0.2) is 8.78 Å². The molecule has 2 aromatic carbocycles. The minimum absolute atomic E-state index is 0.0000286. The fraction of sp³-hybridized carbons (Fsp3) is 0.278. The highest BCUT2D eigenvalue weighted by molar-refractivity contribution is 5.94. The molecule has 0 heterocycles. The molecule has 1 atom stereocenters. The summed E-state index contributed by atoms with van der Waals surface area (Å²) in [4.78, 5) is 11.9. The summed E-state index contributed by atoms with van der Waals surface area (Å²) in [5.41, 5.74) is 0.426. The van der Waals surface area contributed by atoms with Crippen molar-refractivity contribution >= 4 is 5.91 Å². The molecule has 2 rings (SSSR count). The Labute approximate surface area is 139 Å². The van der Waals surface area contributed by atoms with E-state index in [0.717, 1.165) is 12.1 Å². The maximum absolute atomic E-state index is 13.1. The number of benzene rings is 2.